The van der Waals surface area contributed by atoms with E-state index in [1.807, 2.05) is 0 Å². The number of hydrogen-bond acceptors (Lipinski definition) is 0. The fraction of sp³-hybridized carbons (Fsp3) is 0.404. The van der Waals surface area contributed by atoms with Crippen LogP contribution >= 0.6 is 17.0 Å². The van der Waals surface area contributed by atoms with Crippen LogP contribution in [0.1, 0.15) is 133 Å². The molecule has 296 valence electrons. The Morgan fingerprint density at radius 2 is 0.855 bits per heavy atom. The summed E-state index contributed by atoms with van der Waals surface area (Å²) in [5, 5.41) is 5.69. The van der Waals surface area contributed by atoms with Gasteiger partial charge >= 0.3 is 37.9 Å². The second-order valence-corrected chi connectivity index (χ2v) is 20.8. The van der Waals surface area contributed by atoms with E-state index < -0.39 is 20.8 Å². The molecule has 0 unspecified atom stereocenters. The van der Waals surface area contributed by atoms with Crippen LogP contribution in [0.15, 0.2) is 84.9 Å². The van der Waals surface area contributed by atoms with Gasteiger partial charge in [-0.1, -0.05) is 178 Å². The molecule has 0 spiro atoms. The number of aryl methyl sites for hydroxylation is 6. The van der Waals surface area contributed by atoms with Crippen LogP contribution in [0.3, 0.4) is 0 Å². The van der Waals surface area contributed by atoms with Crippen molar-refractivity contribution >= 4 is 38.6 Å². The van der Waals surface area contributed by atoms with E-state index in [4.69, 9.17) is 17.0 Å². The van der Waals surface area contributed by atoms with Crippen molar-refractivity contribution in [2.45, 2.75) is 139 Å². The first-order chi connectivity index (χ1) is 26.0. The van der Waals surface area contributed by atoms with Gasteiger partial charge in [0, 0.05) is 0 Å². The summed E-state index contributed by atoms with van der Waals surface area (Å²) >= 11 is -0.826. The van der Waals surface area contributed by atoms with E-state index in [0.29, 0.717) is 0 Å². The molecular formula is C52H67Cl2Zr-3. The van der Waals surface area contributed by atoms with E-state index >= 15 is 0 Å². The number of fused-ring (bicyclic) bond motifs is 2. The van der Waals surface area contributed by atoms with Gasteiger partial charge in [0.15, 0.2) is 0 Å². The maximum atomic E-state index is 4.93. The summed E-state index contributed by atoms with van der Waals surface area (Å²) in [6.45, 7) is 32.1. The summed E-state index contributed by atoms with van der Waals surface area (Å²) in [5.41, 5.74) is 17.2. The van der Waals surface area contributed by atoms with E-state index in [1.165, 1.54) is 127 Å². The Labute approximate surface area is 354 Å². The molecule has 0 aliphatic rings. The van der Waals surface area contributed by atoms with Crippen LogP contribution in [0.25, 0.3) is 43.8 Å². The molecule has 0 N–H and O–H groups in total. The number of hydrogen-bond donors (Lipinski definition) is 0. The van der Waals surface area contributed by atoms with Crippen LogP contribution in [-0.4, -0.2) is 0 Å². The number of unbranched alkanes of at least 4 members (excludes halogenated alkanes) is 2. The van der Waals surface area contributed by atoms with E-state index in [-0.39, 0.29) is 10.8 Å². The molecule has 0 heterocycles. The Kier molecular flexibility index (Phi) is 18.2. The second kappa shape index (κ2) is 21.4. The number of benzene rings is 4. The van der Waals surface area contributed by atoms with Crippen molar-refractivity contribution in [3.63, 3.8) is 0 Å². The Morgan fingerprint density at radius 1 is 0.545 bits per heavy atom. The minimum absolute atomic E-state index is 0.199. The van der Waals surface area contributed by atoms with Gasteiger partial charge in [-0.15, -0.1) is 55.9 Å². The van der Waals surface area contributed by atoms with Crippen LogP contribution in [-0.2, 0) is 44.5 Å². The van der Waals surface area contributed by atoms with Crippen LogP contribution < -0.4 is 0 Å². The molecule has 0 saturated carbocycles. The summed E-state index contributed by atoms with van der Waals surface area (Å²) < 4.78 is 0. The van der Waals surface area contributed by atoms with Crippen molar-refractivity contribution in [2.75, 3.05) is 0 Å². The van der Waals surface area contributed by atoms with Crippen molar-refractivity contribution in [1.29, 1.82) is 0 Å². The van der Waals surface area contributed by atoms with Crippen LogP contribution in [0.5, 0.6) is 0 Å². The van der Waals surface area contributed by atoms with Gasteiger partial charge in [0.05, 0.1) is 0 Å². The molecule has 0 amide bonds. The zero-order valence-electron chi connectivity index (χ0n) is 36.3. The molecule has 0 saturated heterocycles. The molecule has 0 aliphatic carbocycles. The predicted octanol–water partition coefficient (Wildman–Crippen LogP) is 17.2. The molecule has 55 heavy (non-hydrogen) atoms. The average molecular weight is 854 g/mol. The first-order valence-corrected chi connectivity index (χ1v) is 26.6. The van der Waals surface area contributed by atoms with E-state index in [0.717, 1.165) is 0 Å². The van der Waals surface area contributed by atoms with E-state index in [2.05, 4.69) is 175 Å². The van der Waals surface area contributed by atoms with Gasteiger partial charge < -0.3 is 6.92 Å². The zero-order valence-corrected chi connectivity index (χ0v) is 40.3. The molecule has 0 atom stereocenters. The van der Waals surface area contributed by atoms with Crippen molar-refractivity contribution in [3.8, 4) is 22.3 Å². The van der Waals surface area contributed by atoms with Gasteiger partial charge in [0.2, 0.25) is 0 Å². The first-order valence-electron chi connectivity index (χ1n) is 20.3. The molecule has 6 rings (SSSR count). The van der Waals surface area contributed by atoms with Crippen molar-refractivity contribution in [1.82, 2.24) is 0 Å². The van der Waals surface area contributed by atoms with Gasteiger partial charge in [0.1, 0.15) is 0 Å². The Hall–Kier alpha value is -2.44. The number of rotatable bonds is 8. The molecule has 0 aromatic heterocycles. The Bertz CT molecular complexity index is 1920. The summed E-state index contributed by atoms with van der Waals surface area (Å²) in [5.74, 6) is 0. The summed E-state index contributed by atoms with van der Waals surface area (Å²) in [6.07, 6.45) is 7.41. The standard InChI is InChI=1S/2C25H31.C2H5.2ClH.Zr/c2*1-7-8-9-19-15-22-18(3)17(2)14-23(24(22)16-19)20-10-12-21(13-11-20)25(4,5)6;1-2;;;/h2*10-16H,7-9H2,1-6H3;1H2,2H3;2*1H;/q3*-1;;;+2/p-2. The summed E-state index contributed by atoms with van der Waals surface area (Å²) in [6, 6.07) is 32.7. The molecule has 0 aliphatic heterocycles. The third-order valence-corrected chi connectivity index (χ3v) is 11.0. The third kappa shape index (κ3) is 12.3. The zero-order chi connectivity index (χ0) is 41.1. The average Bonchev–Trinajstić information content (AvgIpc) is 3.79. The third-order valence-electron chi connectivity index (χ3n) is 11.0. The molecule has 3 heteroatoms. The summed E-state index contributed by atoms with van der Waals surface area (Å²) in [7, 11) is 9.87. The normalized spacial score (nSPS) is 11.3. The van der Waals surface area contributed by atoms with E-state index in [9.17, 15) is 0 Å². The first kappa shape index (κ1) is 46.9. The van der Waals surface area contributed by atoms with Gasteiger partial charge in [-0.25, -0.2) is 0 Å². The van der Waals surface area contributed by atoms with Crippen LogP contribution in [0.4, 0.5) is 0 Å². The van der Waals surface area contributed by atoms with Crippen LogP contribution in [0, 0.1) is 34.6 Å². The van der Waals surface area contributed by atoms with Gasteiger partial charge in [-0.05, 0) is 59.8 Å². The summed E-state index contributed by atoms with van der Waals surface area (Å²) in [4.78, 5) is 0. The fourth-order valence-electron chi connectivity index (χ4n) is 7.26. The second-order valence-electron chi connectivity index (χ2n) is 17.0. The molecule has 6 aromatic rings. The van der Waals surface area contributed by atoms with E-state index in [1.54, 1.807) is 6.92 Å². The molecule has 0 fully saturated rings. The SMILES string of the molecule is CCCCc1cc2c(-c3ccc(C(C)(C)C)cc3)cc(C)c(C)c2[cH-]1.CCCCc1cc2c(-c3ccc(C(C)(C)C)cc3)cc(C)c(C)c2[cH-]1.[CH2-]C.[Cl][Zr][Cl]. The fourth-order valence-corrected chi connectivity index (χ4v) is 7.26. The molecule has 6 aromatic carbocycles. The molecule has 0 bridgehead atoms. The monoisotopic (exact) mass is 851 g/mol. The number of halogens is 2. The quantitative estimate of drug-likeness (QED) is 0.134. The van der Waals surface area contributed by atoms with Gasteiger partial charge in [-0.2, -0.15) is 19.1 Å². The molecule has 0 nitrogen and oxygen atoms in total. The molecular weight excluding hydrogens is 787 g/mol. The van der Waals surface area contributed by atoms with Gasteiger partial charge in [-0.3, -0.25) is 0 Å². The maximum absolute atomic E-state index is 4.93. The Morgan fingerprint density at radius 3 is 1.13 bits per heavy atom. The van der Waals surface area contributed by atoms with Crippen molar-refractivity contribution in [3.05, 3.63) is 136 Å². The van der Waals surface area contributed by atoms with Gasteiger partial charge in [0.25, 0.3) is 0 Å². The van der Waals surface area contributed by atoms with Crippen molar-refractivity contribution < 1.29 is 20.8 Å². The van der Waals surface area contributed by atoms with Crippen molar-refractivity contribution in [2.24, 2.45) is 0 Å². The predicted molar refractivity (Wildman–Crippen MR) is 246 cm³/mol. The molecule has 0 radical (unpaired) electrons. The topological polar surface area (TPSA) is 0 Å². The van der Waals surface area contributed by atoms with Crippen LogP contribution in [0.2, 0.25) is 0 Å². The Balaban J connectivity index is 0.000000265. The minimum atomic E-state index is -0.826.